The van der Waals surface area contributed by atoms with E-state index in [1.165, 1.54) is 212 Å². The summed E-state index contributed by atoms with van der Waals surface area (Å²) in [6, 6.07) is 0. The topological polar surface area (TPSA) is 111 Å². The molecule has 9 nitrogen and oxygen atoms in total. The second kappa shape index (κ2) is 68.3. The van der Waals surface area contributed by atoms with Crippen LogP contribution in [0.1, 0.15) is 335 Å². The van der Waals surface area contributed by atoms with Gasteiger partial charge in [-0.05, 0) is 77.0 Å². The Morgan fingerprint density at radius 3 is 0.966 bits per heavy atom. The molecule has 10 heteroatoms. The molecule has 510 valence electrons. The van der Waals surface area contributed by atoms with Crippen LogP contribution < -0.4 is 4.89 Å². The number of hydrogen-bond donors (Lipinski definition) is 0. The molecule has 0 N–H and O–H groups in total. The fourth-order valence-corrected chi connectivity index (χ4v) is 11.2. The third kappa shape index (κ3) is 72.0. The molecule has 0 aromatic carbocycles. The van der Waals surface area contributed by atoms with Crippen molar-refractivity contribution in [2.45, 2.75) is 341 Å². The zero-order chi connectivity index (χ0) is 64.1. The summed E-state index contributed by atoms with van der Waals surface area (Å²) in [6.07, 6.45) is 95.0. The average Bonchev–Trinajstić information content (AvgIpc) is 3.68. The minimum Gasteiger partial charge on any atom is -0.756 e. The fourth-order valence-electron chi connectivity index (χ4n) is 10.5. The van der Waals surface area contributed by atoms with Crippen molar-refractivity contribution < 1.29 is 42.1 Å². The van der Waals surface area contributed by atoms with Gasteiger partial charge in [0.2, 0.25) is 0 Å². The van der Waals surface area contributed by atoms with Gasteiger partial charge in [0.25, 0.3) is 7.82 Å². The van der Waals surface area contributed by atoms with Crippen molar-refractivity contribution in [3.05, 3.63) is 97.2 Å². The first-order chi connectivity index (χ1) is 43.0. The highest BCUT2D eigenvalue weighted by atomic mass is 31.2. The Bertz CT molecular complexity index is 1810. The van der Waals surface area contributed by atoms with Gasteiger partial charge in [0.05, 0.1) is 27.7 Å². The maximum atomic E-state index is 12.9. The van der Waals surface area contributed by atoms with Gasteiger partial charge >= 0.3 is 11.9 Å². The van der Waals surface area contributed by atoms with E-state index < -0.39 is 26.5 Å². The highest BCUT2D eigenvalue weighted by Crippen LogP contribution is 2.38. The summed E-state index contributed by atoms with van der Waals surface area (Å²) in [5, 5.41) is 0. The lowest BCUT2D eigenvalue weighted by atomic mass is 10.0. The first kappa shape index (κ1) is 84.9. The van der Waals surface area contributed by atoms with E-state index in [1.807, 2.05) is 21.1 Å². The van der Waals surface area contributed by atoms with Crippen molar-refractivity contribution in [2.24, 2.45) is 0 Å². The Morgan fingerprint density at radius 1 is 0.364 bits per heavy atom. The van der Waals surface area contributed by atoms with E-state index in [4.69, 9.17) is 18.5 Å². The van der Waals surface area contributed by atoms with Gasteiger partial charge in [-0.15, -0.1) is 0 Å². The van der Waals surface area contributed by atoms with E-state index in [1.54, 1.807) is 0 Å². The molecule has 0 aliphatic rings. The highest BCUT2D eigenvalue weighted by Gasteiger charge is 2.22. The number of phosphoric ester groups is 1. The zero-order valence-electron chi connectivity index (χ0n) is 58.2. The predicted molar refractivity (Wildman–Crippen MR) is 379 cm³/mol. The molecule has 88 heavy (non-hydrogen) atoms. The number of carbonyl (C=O) groups excluding carboxylic acids is 2. The summed E-state index contributed by atoms with van der Waals surface area (Å²) >= 11 is 0. The van der Waals surface area contributed by atoms with Crippen LogP contribution in [0.2, 0.25) is 0 Å². The van der Waals surface area contributed by atoms with E-state index in [0.29, 0.717) is 17.4 Å². The van der Waals surface area contributed by atoms with Gasteiger partial charge < -0.3 is 27.9 Å². The van der Waals surface area contributed by atoms with E-state index in [-0.39, 0.29) is 32.0 Å². The molecule has 0 rings (SSSR count). The van der Waals surface area contributed by atoms with Crippen LogP contribution in [0.15, 0.2) is 97.2 Å². The van der Waals surface area contributed by atoms with Crippen molar-refractivity contribution in [2.75, 3.05) is 47.5 Å². The molecule has 0 aliphatic carbocycles. The molecule has 0 aliphatic heterocycles. The summed E-state index contributed by atoms with van der Waals surface area (Å²) < 4.78 is 34.4. The van der Waals surface area contributed by atoms with Crippen LogP contribution in [0.3, 0.4) is 0 Å². The van der Waals surface area contributed by atoms with E-state index in [0.717, 1.165) is 89.9 Å². The lowest BCUT2D eigenvalue weighted by Gasteiger charge is -2.28. The van der Waals surface area contributed by atoms with Crippen molar-refractivity contribution in [1.82, 2.24) is 0 Å². The van der Waals surface area contributed by atoms with Crippen LogP contribution in [-0.4, -0.2) is 70.0 Å². The second-order valence-electron chi connectivity index (χ2n) is 25.9. The smallest absolute Gasteiger partial charge is 0.306 e. The molecule has 0 spiro atoms. The van der Waals surface area contributed by atoms with Gasteiger partial charge in [0.1, 0.15) is 19.8 Å². The number of rotatable bonds is 68. The molecule has 2 atom stereocenters. The Morgan fingerprint density at radius 2 is 0.648 bits per heavy atom. The van der Waals surface area contributed by atoms with Gasteiger partial charge in [-0.1, -0.05) is 342 Å². The molecule has 0 saturated carbocycles. The number of allylic oxidation sites excluding steroid dienone is 16. The first-order valence-corrected chi connectivity index (χ1v) is 38.4. The summed E-state index contributed by atoms with van der Waals surface area (Å²) in [7, 11) is 1.17. The number of quaternary nitrogens is 1. The molecule has 0 radical (unpaired) electrons. The summed E-state index contributed by atoms with van der Waals surface area (Å²) in [5.74, 6) is -0.823. The van der Waals surface area contributed by atoms with Gasteiger partial charge in [0.15, 0.2) is 6.10 Å². The number of hydrogen-bond acceptors (Lipinski definition) is 8. The molecule has 0 fully saturated rings. The minimum atomic E-state index is -4.65. The molecular formula is C78H140NO8P. The van der Waals surface area contributed by atoms with Crippen molar-refractivity contribution in [1.29, 1.82) is 0 Å². The van der Waals surface area contributed by atoms with Gasteiger partial charge in [-0.2, -0.15) is 0 Å². The summed E-state index contributed by atoms with van der Waals surface area (Å²) in [6.45, 7) is 4.17. The van der Waals surface area contributed by atoms with Gasteiger partial charge in [0, 0.05) is 12.8 Å². The summed E-state index contributed by atoms with van der Waals surface area (Å²) in [5.41, 5.74) is 0. The summed E-state index contributed by atoms with van der Waals surface area (Å²) in [4.78, 5) is 38.1. The maximum absolute atomic E-state index is 12.9. The third-order valence-electron chi connectivity index (χ3n) is 16.1. The Balaban J connectivity index is 4.03. The molecular weight excluding hydrogens is 1110 g/mol. The largest absolute Gasteiger partial charge is 0.756 e. The molecule has 0 aromatic rings. The minimum absolute atomic E-state index is 0.0326. The SMILES string of the molecule is CC/C=C\C/C=C\C/C=C\C/C=C\C/C=C\C/C=C\C/C=C\C/C=C\CCCCCCCCCCCCCCC(=O)OC(COC(=O)CCCCCCCCCCCCCCCCCCCCCCCCCCCCC)COP(=O)([O-])OCC[N+](C)(C)C. The quantitative estimate of drug-likeness (QED) is 0.0195. The third-order valence-corrected chi connectivity index (χ3v) is 17.1. The Kier molecular flexibility index (Phi) is 65.9. The number of likely N-dealkylation sites (N-methyl/N-ethyl adjacent to an activating group) is 1. The standard InChI is InChI=1S/C78H140NO8P/c1-6-8-10-12-14-16-18-20-22-24-26-28-30-32-34-35-36-37-38-39-40-41-42-43-45-47-49-51-53-55-57-59-61-63-65-67-69-71-78(81)87-76(75-86-88(82,83)85-73-72-79(3,4)5)74-84-77(80)70-68-66-64-62-60-58-56-54-52-50-48-46-44-33-31-29-27-25-23-21-19-17-15-13-11-9-7-2/h8,10,14,16,20,22,26,28,32,34,36-37,39-40,42-43,76H,6-7,9,11-13,15,17-19,21,23-25,27,29-31,33,35,38,41,44-75H2,1-5H3/b10-8-,16-14-,22-20-,28-26-,34-32-,37-36-,40-39-,43-42-. The normalized spacial score (nSPS) is 13.7. The maximum Gasteiger partial charge on any atom is 0.306 e. The second-order valence-corrected chi connectivity index (χ2v) is 27.3. The van der Waals surface area contributed by atoms with Gasteiger partial charge in [-0.3, -0.25) is 14.2 Å². The molecule has 2 unspecified atom stereocenters. The van der Waals surface area contributed by atoms with E-state index in [2.05, 4.69) is 111 Å². The molecule has 0 aromatic heterocycles. The van der Waals surface area contributed by atoms with Crippen LogP contribution in [0.4, 0.5) is 0 Å². The monoisotopic (exact) mass is 1250 g/mol. The number of ether oxygens (including phenoxy) is 2. The predicted octanol–water partition coefficient (Wildman–Crippen LogP) is 23.6. The van der Waals surface area contributed by atoms with Crippen molar-refractivity contribution in [3.63, 3.8) is 0 Å². The number of nitrogens with zero attached hydrogens (tertiary/aromatic N) is 1. The number of carbonyl (C=O) groups is 2. The lowest BCUT2D eigenvalue weighted by Crippen LogP contribution is -2.37. The van der Waals surface area contributed by atoms with E-state index in [9.17, 15) is 19.0 Å². The molecule has 0 amide bonds. The molecule has 0 saturated heterocycles. The first-order valence-electron chi connectivity index (χ1n) is 36.9. The zero-order valence-corrected chi connectivity index (χ0v) is 59.1. The number of phosphoric acid groups is 1. The molecule has 0 heterocycles. The van der Waals surface area contributed by atoms with Crippen LogP contribution in [0, 0.1) is 0 Å². The average molecular weight is 1250 g/mol. The van der Waals surface area contributed by atoms with Gasteiger partial charge in [-0.25, -0.2) is 0 Å². The number of unbranched alkanes of at least 4 members (excludes halogenated alkanes) is 38. The Hall–Kier alpha value is -3.07. The highest BCUT2D eigenvalue weighted by molar-refractivity contribution is 7.45. The van der Waals surface area contributed by atoms with Crippen LogP contribution >= 0.6 is 7.82 Å². The van der Waals surface area contributed by atoms with Crippen LogP contribution in [0.5, 0.6) is 0 Å². The van der Waals surface area contributed by atoms with E-state index >= 15 is 0 Å². The lowest BCUT2D eigenvalue weighted by molar-refractivity contribution is -0.870. The Labute approximate surface area is 544 Å². The van der Waals surface area contributed by atoms with Crippen molar-refractivity contribution in [3.8, 4) is 0 Å². The fraction of sp³-hybridized carbons (Fsp3) is 0.769. The number of esters is 2. The molecule has 0 bridgehead atoms. The van der Waals surface area contributed by atoms with Crippen molar-refractivity contribution >= 4 is 19.8 Å². The van der Waals surface area contributed by atoms with Crippen LogP contribution in [-0.2, 0) is 32.7 Å². The van der Waals surface area contributed by atoms with Crippen LogP contribution in [0.25, 0.3) is 0 Å².